The normalized spacial score (nSPS) is 10.8. The molecule has 3 aromatic rings. The Hall–Kier alpha value is -2.30. The predicted molar refractivity (Wildman–Crippen MR) is 57.1 cm³/mol. The van der Waals surface area contributed by atoms with Gasteiger partial charge in [0.2, 0.25) is 5.95 Å². The van der Waals surface area contributed by atoms with Crippen LogP contribution in [0.3, 0.4) is 0 Å². The van der Waals surface area contributed by atoms with E-state index in [2.05, 4.69) is 20.2 Å². The van der Waals surface area contributed by atoms with Gasteiger partial charge in [0.25, 0.3) is 0 Å². The zero-order valence-electron chi connectivity index (χ0n) is 8.18. The van der Waals surface area contributed by atoms with Gasteiger partial charge in [-0.3, -0.25) is 10.1 Å². The smallest absolute Gasteiger partial charge is 0.212 e. The Morgan fingerprint density at radius 2 is 2.00 bits per heavy atom. The van der Waals surface area contributed by atoms with Crippen LogP contribution < -0.4 is 0 Å². The average molecular weight is 214 g/mol. The molecule has 0 saturated carbocycles. The fraction of sp³-hybridized carbons (Fsp3) is 0. The second-order valence-corrected chi connectivity index (χ2v) is 3.39. The lowest BCUT2D eigenvalue weighted by molar-refractivity contribution is 0.584. The molecule has 0 bridgehead atoms. The van der Waals surface area contributed by atoms with Gasteiger partial charge in [-0.1, -0.05) is 0 Å². The van der Waals surface area contributed by atoms with E-state index in [9.17, 15) is 4.39 Å². The van der Waals surface area contributed by atoms with Crippen LogP contribution in [0.5, 0.6) is 0 Å². The number of hydrogen-bond acceptors (Lipinski definition) is 3. The van der Waals surface area contributed by atoms with Gasteiger partial charge in [0, 0.05) is 35.1 Å². The van der Waals surface area contributed by atoms with Crippen molar-refractivity contribution in [2.45, 2.75) is 0 Å². The Morgan fingerprint density at radius 1 is 1.06 bits per heavy atom. The standard InChI is InChI=1S/C11H7FN4/c12-10-2-1-7(4-14-10)9-6-13-3-8-5-15-16-11(8)9/h1-6H,(H,15,16). The molecule has 3 rings (SSSR count). The number of nitrogens with one attached hydrogen (secondary N) is 1. The second-order valence-electron chi connectivity index (χ2n) is 3.39. The first-order chi connectivity index (χ1) is 7.84. The van der Waals surface area contributed by atoms with Gasteiger partial charge < -0.3 is 0 Å². The molecule has 78 valence electrons. The van der Waals surface area contributed by atoms with Gasteiger partial charge >= 0.3 is 0 Å². The summed E-state index contributed by atoms with van der Waals surface area (Å²) in [6, 6.07) is 2.99. The highest BCUT2D eigenvalue weighted by molar-refractivity contribution is 5.91. The molecule has 0 amide bonds. The van der Waals surface area contributed by atoms with Gasteiger partial charge in [-0.15, -0.1) is 0 Å². The van der Waals surface area contributed by atoms with Crippen LogP contribution in [0, 0.1) is 5.95 Å². The molecule has 0 aliphatic carbocycles. The van der Waals surface area contributed by atoms with Gasteiger partial charge in [-0.25, -0.2) is 4.98 Å². The maximum atomic E-state index is 12.7. The first kappa shape index (κ1) is 8.96. The molecule has 0 aliphatic heterocycles. The van der Waals surface area contributed by atoms with Crippen LogP contribution >= 0.6 is 0 Å². The van der Waals surface area contributed by atoms with Crippen molar-refractivity contribution in [1.29, 1.82) is 0 Å². The lowest BCUT2D eigenvalue weighted by Crippen LogP contribution is -1.86. The van der Waals surface area contributed by atoms with Crippen molar-refractivity contribution in [3.05, 3.63) is 42.9 Å². The molecule has 0 unspecified atom stereocenters. The molecule has 3 heterocycles. The highest BCUT2D eigenvalue weighted by atomic mass is 19.1. The van der Waals surface area contributed by atoms with E-state index in [1.54, 1.807) is 24.7 Å². The minimum atomic E-state index is -0.492. The fourth-order valence-electron chi connectivity index (χ4n) is 1.62. The summed E-state index contributed by atoms with van der Waals surface area (Å²) in [6.45, 7) is 0. The van der Waals surface area contributed by atoms with Crippen LogP contribution in [0.25, 0.3) is 22.0 Å². The minimum absolute atomic E-state index is 0.492. The Labute approximate surface area is 90.2 Å². The van der Waals surface area contributed by atoms with E-state index in [1.807, 2.05) is 0 Å². The highest BCUT2D eigenvalue weighted by Gasteiger charge is 2.06. The number of rotatable bonds is 1. The molecule has 5 heteroatoms. The highest BCUT2D eigenvalue weighted by Crippen LogP contribution is 2.24. The summed E-state index contributed by atoms with van der Waals surface area (Å²) in [6.07, 6.45) is 6.60. The van der Waals surface area contributed by atoms with Gasteiger partial charge in [-0.2, -0.15) is 9.49 Å². The number of aromatic amines is 1. The molecule has 0 aromatic carbocycles. The average Bonchev–Trinajstić information content (AvgIpc) is 2.78. The zero-order chi connectivity index (χ0) is 11.0. The molecule has 0 radical (unpaired) electrons. The summed E-state index contributed by atoms with van der Waals surface area (Å²) in [5, 5.41) is 7.75. The summed E-state index contributed by atoms with van der Waals surface area (Å²) < 4.78 is 12.7. The van der Waals surface area contributed by atoms with E-state index in [0.717, 1.165) is 22.0 Å². The van der Waals surface area contributed by atoms with Crippen molar-refractivity contribution >= 4 is 10.9 Å². The summed E-state index contributed by atoms with van der Waals surface area (Å²) in [5.74, 6) is -0.492. The molecule has 4 nitrogen and oxygen atoms in total. The van der Waals surface area contributed by atoms with Crippen molar-refractivity contribution in [3.8, 4) is 11.1 Å². The first-order valence-electron chi connectivity index (χ1n) is 4.73. The van der Waals surface area contributed by atoms with Gasteiger partial charge in [0.1, 0.15) is 0 Å². The third-order valence-corrected chi connectivity index (χ3v) is 2.39. The van der Waals surface area contributed by atoms with Crippen LogP contribution in [-0.4, -0.2) is 20.2 Å². The number of hydrogen-bond donors (Lipinski definition) is 1. The lowest BCUT2D eigenvalue weighted by atomic mass is 10.1. The third-order valence-electron chi connectivity index (χ3n) is 2.39. The Balaban J connectivity index is 2.25. The Bertz CT molecular complexity index is 630. The van der Waals surface area contributed by atoms with Gasteiger partial charge in [0.05, 0.1) is 11.7 Å². The van der Waals surface area contributed by atoms with Crippen molar-refractivity contribution in [1.82, 2.24) is 20.2 Å². The monoisotopic (exact) mass is 214 g/mol. The molecule has 0 atom stereocenters. The van der Waals surface area contributed by atoms with Crippen molar-refractivity contribution in [3.63, 3.8) is 0 Å². The fourth-order valence-corrected chi connectivity index (χ4v) is 1.62. The quantitative estimate of drug-likeness (QED) is 0.631. The molecule has 16 heavy (non-hydrogen) atoms. The maximum absolute atomic E-state index is 12.7. The molecular formula is C11H7FN4. The summed E-state index contributed by atoms with van der Waals surface area (Å²) >= 11 is 0. The summed E-state index contributed by atoms with van der Waals surface area (Å²) in [4.78, 5) is 7.72. The lowest BCUT2D eigenvalue weighted by Gasteiger charge is -2.01. The van der Waals surface area contributed by atoms with E-state index in [1.165, 1.54) is 12.3 Å². The van der Waals surface area contributed by atoms with Crippen LogP contribution in [0.1, 0.15) is 0 Å². The molecule has 0 aliphatic rings. The largest absolute Gasteiger partial charge is 0.277 e. The number of halogens is 1. The van der Waals surface area contributed by atoms with E-state index in [0.29, 0.717) is 0 Å². The summed E-state index contributed by atoms with van der Waals surface area (Å²) in [7, 11) is 0. The number of fused-ring (bicyclic) bond motifs is 1. The van der Waals surface area contributed by atoms with Crippen LogP contribution in [0.4, 0.5) is 4.39 Å². The van der Waals surface area contributed by atoms with Crippen molar-refractivity contribution in [2.24, 2.45) is 0 Å². The zero-order valence-corrected chi connectivity index (χ0v) is 8.18. The minimum Gasteiger partial charge on any atom is -0.277 e. The van der Waals surface area contributed by atoms with E-state index in [-0.39, 0.29) is 0 Å². The van der Waals surface area contributed by atoms with Crippen molar-refractivity contribution in [2.75, 3.05) is 0 Å². The van der Waals surface area contributed by atoms with E-state index >= 15 is 0 Å². The van der Waals surface area contributed by atoms with Gasteiger partial charge in [0.15, 0.2) is 0 Å². The molecular weight excluding hydrogens is 207 g/mol. The van der Waals surface area contributed by atoms with Crippen molar-refractivity contribution < 1.29 is 4.39 Å². The maximum Gasteiger partial charge on any atom is 0.212 e. The summed E-state index contributed by atoms with van der Waals surface area (Å²) in [5.41, 5.74) is 2.55. The molecule has 0 fully saturated rings. The SMILES string of the molecule is Fc1ccc(-c2cncc3cn[nH]c23)cn1. The molecule has 0 spiro atoms. The van der Waals surface area contributed by atoms with Crippen LogP contribution in [0.2, 0.25) is 0 Å². The topological polar surface area (TPSA) is 54.5 Å². The predicted octanol–water partition coefficient (Wildman–Crippen LogP) is 2.16. The number of aromatic nitrogens is 4. The number of pyridine rings is 2. The molecule has 1 N–H and O–H groups in total. The second kappa shape index (κ2) is 3.37. The van der Waals surface area contributed by atoms with E-state index in [4.69, 9.17) is 0 Å². The Morgan fingerprint density at radius 3 is 2.81 bits per heavy atom. The number of nitrogens with zero attached hydrogens (tertiary/aromatic N) is 3. The number of H-pyrrole nitrogens is 1. The van der Waals surface area contributed by atoms with E-state index < -0.39 is 5.95 Å². The van der Waals surface area contributed by atoms with Crippen LogP contribution in [-0.2, 0) is 0 Å². The Kier molecular flexibility index (Phi) is 1.89. The van der Waals surface area contributed by atoms with Crippen LogP contribution in [0.15, 0.2) is 36.9 Å². The molecule has 3 aromatic heterocycles. The molecule has 0 saturated heterocycles. The van der Waals surface area contributed by atoms with Gasteiger partial charge in [-0.05, 0) is 12.1 Å². The first-order valence-corrected chi connectivity index (χ1v) is 4.73. The third kappa shape index (κ3) is 1.33.